The van der Waals surface area contributed by atoms with E-state index in [1.807, 2.05) is 32.9 Å². The maximum atomic E-state index is 12.8. The number of likely N-dealkylation sites (tertiary alicyclic amines) is 1. The molecule has 0 atom stereocenters. The molecule has 7 heteroatoms. The van der Waals surface area contributed by atoms with Crippen molar-refractivity contribution in [2.24, 2.45) is 0 Å². The molecule has 0 unspecified atom stereocenters. The second-order valence-electron chi connectivity index (χ2n) is 10.1. The van der Waals surface area contributed by atoms with Gasteiger partial charge in [0.1, 0.15) is 11.4 Å². The summed E-state index contributed by atoms with van der Waals surface area (Å²) in [6.45, 7) is 7.59. The van der Waals surface area contributed by atoms with Crippen LogP contribution in [0.4, 0.5) is 4.79 Å². The van der Waals surface area contributed by atoms with Crippen LogP contribution in [0.5, 0.6) is 5.75 Å². The molecule has 1 spiro atoms. The van der Waals surface area contributed by atoms with E-state index in [2.05, 4.69) is 6.07 Å². The Balaban J connectivity index is 1.32. The maximum Gasteiger partial charge on any atom is 0.410 e. The molecule has 5 rings (SSSR count). The van der Waals surface area contributed by atoms with Gasteiger partial charge in [-0.05, 0) is 63.4 Å². The van der Waals surface area contributed by atoms with E-state index in [1.165, 1.54) is 4.90 Å². The van der Waals surface area contributed by atoms with Gasteiger partial charge in [0.15, 0.2) is 0 Å². The molecule has 3 amide bonds. The number of piperidine rings is 1. The van der Waals surface area contributed by atoms with E-state index in [-0.39, 0.29) is 29.9 Å². The summed E-state index contributed by atoms with van der Waals surface area (Å²) in [4.78, 5) is 41.1. The van der Waals surface area contributed by atoms with Crippen molar-refractivity contribution in [3.05, 3.63) is 64.7 Å². The molecular formula is C26H28N2O5. The number of hydrogen-bond donors (Lipinski definition) is 0. The summed E-state index contributed by atoms with van der Waals surface area (Å²) < 4.78 is 11.5. The summed E-state index contributed by atoms with van der Waals surface area (Å²) in [5, 5.41) is 0. The molecule has 0 aliphatic carbocycles. The van der Waals surface area contributed by atoms with E-state index in [9.17, 15) is 14.4 Å². The first-order chi connectivity index (χ1) is 15.7. The maximum absolute atomic E-state index is 12.8. The summed E-state index contributed by atoms with van der Waals surface area (Å²) in [6.07, 6.45) is 1.27. The lowest BCUT2D eigenvalue weighted by molar-refractivity contribution is 0.0152. The Labute approximate surface area is 193 Å². The van der Waals surface area contributed by atoms with Gasteiger partial charge in [-0.3, -0.25) is 14.5 Å². The van der Waals surface area contributed by atoms with Gasteiger partial charge in [-0.2, -0.15) is 0 Å². The smallest absolute Gasteiger partial charge is 0.410 e. The van der Waals surface area contributed by atoms with Crippen LogP contribution in [0, 0.1) is 0 Å². The predicted molar refractivity (Wildman–Crippen MR) is 121 cm³/mol. The number of benzene rings is 2. The molecule has 3 aliphatic heterocycles. The van der Waals surface area contributed by atoms with Gasteiger partial charge < -0.3 is 14.4 Å². The second-order valence-corrected chi connectivity index (χ2v) is 10.1. The zero-order valence-corrected chi connectivity index (χ0v) is 19.2. The van der Waals surface area contributed by atoms with Crippen LogP contribution >= 0.6 is 0 Å². The summed E-state index contributed by atoms with van der Waals surface area (Å²) >= 11 is 0. The Morgan fingerprint density at radius 2 is 1.67 bits per heavy atom. The minimum Gasteiger partial charge on any atom is -0.492 e. The summed E-state index contributed by atoms with van der Waals surface area (Å²) in [7, 11) is 0. The highest BCUT2D eigenvalue weighted by molar-refractivity contribution is 6.21. The largest absolute Gasteiger partial charge is 0.492 e. The molecule has 33 heavy (non-hydrogen) atoms. The number of rotatable bonds is 2. The fourth-order valence-corrected chi connectivity index (χ4v) is 4.93. The van der Waals surface area contributed by atoms with E-state index in [1.54, 1.807) is 29.2 Å². The van der Waals surface area contributed by atoms with Crippen molar-refractivity contribution < 1.29 is 23.9 Å². The third-order valence-corrected chi connectivity index (χ3v) is 6.71. The van der Waals surface area contributed by atoms with Crippen LogP contribution in [0.15, 0.2) is 42.5 Å². The van der Waals surface area contributed by atoms with Crippen LogP contribution < -0.4 is 4.74 Å². The monoisotopic (exact) mass is 448 g/mol. The zero-order valence-electron chi connectivity index (χ0n) is 19.2. The van der Waals surface area contributed by atoms with Crippen molar-refractivity contribution in [1.82, 2.24) is 9.80 Å². The number of carbonyl (C=O) groups is 3. The third-order valence-electron chi connectivity index (χ3n) is 6.71. The van der Waals surface area contributed by atoms with Gasteiger partial charge in [-0.25, -0.2) is 4.79 Å². The summed E-state index contributed by atoms with van der Waals surface area (Å²) in [6, 6.07) is 12.8. The molecule has 2 aromatic carbocycles. The Morgan fingerprint density at radius 3 is 2.27 bits per heavy atom. The number of fused-ring (bicyclic) bond motifs is 3. The topological polar surface area (TPSA) is 76.2 Å². The van der Waals surface area contributed by atoms with Crippen molar-refractivity contribution in [3.8, 4) is 5.75 Å². The average Bonchev–Trinajstić information content (AvgIpc) is 3.24. The lowest BCUT2D eigenvalue weighted by Gasteiger charge is -2.39. The van der Waals surface area contributed by atoms with Gasteiger partial charge in [0.05, 0.1) is 24.3 Å². The number of ether oxygens (including phenoxy) is 2. The highest BCUT2D eigenvalue weighted by Crippen LogP contribution is 2.46. The molecule has 1 saturated heterocycles. The van der Waals surface area contributed by atoms with Gasteiger partial charge in [0.2, 0.25) is 0 Å². The van der Waals surface area contributed by atoms with Crippen molar-refractivity contribution in [2.75, 3.05) is 19.7 Å². The Morgan fingerprint density at radius 1 is 1.03 bits per heavy atom. The average molecular weight is 449 g/mol. The summed E-state index contributed by atoms with van der Waals surface area (Å²) in [5.41, 5.74) is 2.21. The molecule has 0 saturated carbocycles. The molecule has 0 bridgehead atoms. The molecule has 3 heterocycles. The van der Waals surface area contributed by atoms with Crippen molar-refractivity contribution in [1.29, 1.82) is 0 Å². The van der Waals surface area contributed by atoms with Crippen LogP contribution in [-0.2, 0) is 16.7 Å². The van der Waals surface area contributed by atoms with Crippen LogP contribution in [0.1, 0.15) is 65.5 Å². The van der Waals surface area contributed by atoms with E-state index in [4.69, 9.17) is 9.47 Å². The quantitative estimate of drug-likeness (QED) is 0.646. The van der Waals surface area contributed by atoms with Crippen LogP contribution in [0.3, 0.4) is 0 Å². The highest BCUT2D eigenvalue weighted by Gasteiger charge is 2.45. The van der Waals surface area contributed by atoms with Crippen molar-refractivity contribution in [3.63, 3.8) is 0 Å². The van der Waals surface area contributed by atoms with Gasteiger partial charge in [-0.15, -0.1) is 0 Å². The number of imide groups is 1. The molecule has 7 nitrogen and oxygen atoms in total. The number of carbonyl (C=O) groups excluding carboxylic acids is 3. The third kappa shape index (κ3) is 3.75. The zero-order chi connectivity index (χ0) is 23.4. The fourth-order valence-electron chi connectivity index (χ4n) is 4.93. The minimum absolute atomic E-state index is 0.175. The fraction of sp³-hybridized carbons (Fsp3) is 0.423. The standard InChI is InChI=1S/C26H28N2O5/c1-25(2,3)33-24(31)27-12-10-26(11-13-27)16-32-21-9-8-17(14-20(21)26)15-28-22(29)18-6-4-5-7-19(18)23(28)30/h4-9,14H,10-13,15-16H2,1-3H3. The summed E-state index contributed by atoms with van der Waals surface area (Å²) in [5.74, 6) is 0.326. The Bertz CT molecular complexity index is 1110. The number of amides is 3. The van der Waals surface area contributed by atoms with Gasteiger partial charge in [0.25, 0.3) is 11.8 Å². The SMILES string of the molecule is CC(C)(C)OC(=O)N1CCC2(CC1)COc1ccc(CN3C(=O)c4ccccc4C3=O)cc12. The van der Waals surface area contributed by atoms with Crippen LogP contribution in [0.25, 0.3) is 0 Å². The molecule has 0 aromatic heterocycles. The molecule has 0 N–H and O–H groups in total. The Hall–Kier alpha value is -3.35. The van der Waals surface area contributed by atoms with Gasteiger partial charge in [0, 0.05) is 24.1 Å². The molecule has 1 fully saturated rings. The van der Waals surface area contributed by atoms with Gasteiger partial charge in [-0.1, -0.05) is 18.2 Å². The first-order valence-corrected chi connectivity index (χ1v) is 11.4. The van der Waals surface area contributed by atoms with E-state index < -0.39 is 5.60 Å². The van der Waals surface area contributed by atoms with Crippen LogP contribution in [0.2, 0.25) is 0 Å². The molecular weight excluding hydrogens is 420 g/mol. The lowest BCUT2D eigenvalue weighted by Crippen LogP contribution is -2.47. The molecule has 0 radical (unpaired) electrons. The number of hydrogen-bond acceptors (Lipinski definition) is 5. The molecule has 3 aliphatic rings. The number of nitrogens with zero attached hydrogens (tertiary/aromatic N) is 2. The van der Waals surface area contributed by atoms with E-state index >= 15 is 0 Å². The minimum atomic E-state index is -0.520. The predicted octanol–water partition coefficient (Wildman–Crippen LogP) is 4.14. The lowest BCUT2D eigenvalue weighted by atomic mass is 9.74. The second kappa shape index (κ2) is 7.61. The normalized spacial score (nSPS) is 18.9. The highest BCUT2D eigenvalue weighted by atomic mass is 16.6. The first kappa shape index (κ1) is 21.5. The van der Waals surface area contributed by atoms with E-state index in [0.717, 1.165) is 29.7 Å². The first-order valence-electron chi connectivity index (χ1n) is 11.4. The van der Waals surface area contributed by atoms with E-state index in [0.29, 0.717) is 30.8 Å². The molecule has 172 valence electrons. The van der Waals surface area contributed by atoms with Crippen molar-refractivity contribution in [2.45, 2.75) is 51.2 Å². The molecule has 2 aromatic rings. The van der Waals surface area contributed by atoms with Crippen LogP contribution in [-0.4, -0.2) is 53.0 Å². The van der Waals surface area contributed by atoms with Crippen molar-refractivity contribution >= 4 is 17.9 Å². The Kier molecular flexibility index (Phi) is 4.96. The van der Waals surface area contributed by atoms with Gasteiger partial charge >= 0.3 is 6.09 Å².